The van der Waals surface area contributed by atoms with E-state index in [0.29, 0.717) is 29.6 Å². The summed E-state index contributed by atoms with van der Waals surface area (Å²) in [6.45, 7) is 4.99. The molecule has 0 saturated heterocycles. The summed E-state index contributed by atoms with van der Waals surface area (Å²) in [5.74, 6) is 0.971. The number of hydrogen-bond acceptors (Lipinski definition) is 5. The highest BCUT2D eigenvalue weighted by molar-refractivity contribution is 8.04. The zero-order chi connectivity index (χ0) is 25.1. The molecule has 0 fully saturated rings. The number of nitrogens with one attached hydrogen (secondary N) is 1. The molecule has 0 aromatic heterocycles. The Bertz CT molecular complexity index is 1320. The number of benzene rings is 3. The van der Waals surface area contributed by atoms with Crippen LogP contribution in [0.25, 0.3) is 6.08 Å². The average Bonchev–Trinajstić information content (AvgIpc) is 2.91. The maximum atomic E-state index is 13.5. The minimum atomic E-state index is -0.259. The summed E-state index contributed by atoms with van der Waals surface area (Å²) in [4.78, 5) is 29.7. The molecular weight excluding hydrogens is 472 g/mol. The van der Waals surface area contributed by atoms with E-state index in [1.165, 1.54) is 17.3 Å². The Balaban J connectivity index is 1.34. The van der Waals surface area contributed by atoms with E-state index in [0.717, 1.165) is 28.1 Å². The van der Waals surface area contributed by atoms with E-state index in [4.69, 9.17) is 9.47 Å². The fourth-order valence-corrected chi connectivity index (χ4v) is 5.32. The summed E-state index contributed by atoms with van der Waals surface area (Å²) < 4.78 is 11.3. The Morgan fingerprint density at radius 1 is 1.06 bits per heavy atom. The lowest BCUT2D eigenvalue weighted by atomic mass is 10.1. The minimum absolute atomic E-state index is 0.0720. The molecule has 0 bridgehead atoms. The van der Waals surface area contributed by atoms with Crippen LogP contribution in [-0.4, -0.2) is 31.6 Å². The predicted molar refractivity (Wildman–Crippen MR) is 142 cm³/mol. The lowest BCUT2D eigenvalue weighted by Crippen LogP contribution is -2.43. The van der Waals surface area contributed by atoms with Gasteiger partial charge >= 0.3 is 0 Å². The van der Waals surface area contributed by atoms with Gasteiger partial charge in [-0.15, -0.1) is 0 Å². The van der Waals surface area contributed by atoms with Crippen molar-refractivity contribution < 1.29 is 19.1 Å². The van der Waals surface area contributed by atoms with Gasteiger partial charge in [0.25, 0.3) is 5.91 Å². The van der Waals surface area contributed by atoms with Crippen LogP contribution in [0.5, 0.6) is 11.5 Å². The smallest absolute Gasteiger partial charge is 0.265 e. The van der Waals surface area contributed by atoms with E-state index in [2.05, 4.69) is 24.4 Å². The lowest BCUT2D eigenvalue weighted by Gasteiger charge is -2.30. The molecule has 0 spiro atoms. The van der Waals surface area contributed by atoms with Crippen LogP contribution in [-0.2, 0) is 16.0 Å². The highest BCUT2D eigenvalue weighted by atomic mass is 32.2. The highest BCUT2D eigenvalue weighted by Crippen LogP contribution is 2.42. The topological polar surface area (TPSA) is 67.9 Å². The second-order valence-corrected chi connectivity index (χ2v) is 9.84. The summed E-state index contributed by atoms with van der Waals surface area (Å²) in [7, 11) is 0. The molecule has 7 heteroatoms. The number of thioether (sulfide) groups is 1. The maximum Gasteiger partial charge on any atom is 0.265 e. The van der Waals surface area contributed by atoms with Crippen LogP contribution in [0, 0.1) is 0 Å². The fraction of sp³-hybridized carbons (Fsp3) is 0.241. The number of rotatable bonds is 6. The second kappa shape index (κ2) is 10.5. The third kappa shape index (κ3) is 5.11. The first kappa shape index (κ1) is 24.0. The number of carbonyl (C=O) groups is 2. The fourth-order valence-electron chi connectivity index (χ4n) is 4.26. The summed E-state index contributed by atoms with van der Waals surface area (Å²) in [5, 5.41) is 3.02. The van der Waals surface area contributed by atoms with Gasteiger partial charge in [-0.2, -0.15) is 0 Å². The summed E-state index contributed by atoms with van der Waals surface area (Å²) in [6, 6.07) is 21.3. The highest BCUT2D eigenvalue weighted by Gasteiger charge is 2.30. The molecule has 3 aromatic rings. The van der Waals surface area contributed by atoms with Gasteiger partial charge in [-0.05, 0) is 60.4 Å². The van der Waals surface area contributed by atoms with Gasteiger partial charge < -0.3 is 14.8 Å². The van der Waals surface area contributed by atoms with E-state index >= 15 is 0 Å². The van der Waals surface area contributed by atoms with Gasteiger partial charge in [0.2, 0.25) is 5.91 Å². The van der Waals surface area contributed by atoms with Crippen molar-refractivity contribution in [3.8, 4) is 11.5 Å². The molecule has 1 N–H and O–H groups in total. The summed E-state index contributed by atoms with van der Waals surface area (Å²) >= 11 is 1.44. The molecule has 2 amide bonds. The Morgan fingerprint density at radius 2 is 1.81 bits per heavy atom. The van der Waals surface area contributed by atoms with Gasteiger partial charge in [0.15, 0.2) is 11.5 Å². The first-order valence-corrected chi connectivity index (χ1v) is 12.9. The van der Waals surface area contributed by atoms with Crippen LogP contribution >= 0.6 is 11.8 Å². The molecule has 5 rings (SSSR count). The van der Waals surface area contributed by atoms with Crippen LogP contribution in [0.4, 0.5) is 5.69 Å². The van der Waals surface area contributed by atoms with E-state index in [-0.39, 0.29) is 24.4 Å². The molecule has 2 aliphatic rings. The van der Waals surface area contributed by atoms with Gasteiger partial charge in [-0.25, -0.2) is 0 Å². The van der Waals surface area contributed by atoms with Gasteiger partial charge in [0.1, 0.15) is 19.8 Å². The first-order chi connectivity index (χ1) is 17.5. The monoisotopic (exact) mass is 500 g/mol. The Labute approximate surface area is 215 Å². The van der Waals surface area contributed by atoms with E-state index < -0.39 is 0 Å². The van der Waals surface area contributed by atoms with Crippen molar-refractivity contribution >= 4 is 35.3 Å². The zero-order valence-electron chi connectivity index (χ0n) is 20.3. The third-order valence-corrected chi connectivity index (χ3v) is 7.34. The molecule has 1 unspecified atom stereocenters. The standard InChI is InChI=1S/C29H28N2O4S/c1-3-20-8-10-21(11-9-20)16-27-29(33)31(23-6-4-5-7-26(23)36-27)18-28(32)30-19(2)22-12-13-24-25(17-22)35-15-14-34-24/h4-13,16-17,19H,3,14-15,18H2,1-2H3,(H,30,32)/b27-16-. The SMILES string of the molecule is CCc1ccc(/C=C2\Sc3ccccc3N(CC(=O)NC(C)c3ccc4c(c3)OCCO4)C2=O)cc1. The van der Waals surface area contributed by atoms with Crippen LogP contribution in [0.1, 0.15) is 36.6 Å². The van der Waals surface area contributed by atoms with Crippen LogP contribution in [0.15, 0.2) is 76.5 Å². The van der Waals surface area contributed by atoms with Crippen molar-refractivity contribution in [3.05, 3.63) is 88.3 Å². The molecule has 2 heterocycles. The largest absolute Gasteiger partial charge is 0.486 e. The number of aryl methyl sites for hydroxylation is 1. The quantitative estimate of drug-likeness (QED) is 0.461. The lowest BCUT2D eigenvalue weighted by molar-refractivity contribution is -0.122. The van der Waals surface area contributed by atoms with Crippen LogP contribution in [0.2, 0.25) is 0 Å². The van der Waals surface area contributed by atoms with Crippen LogP contribution < -0.4 is 19.7 Å². The molecule has 0 aliphatic carbocycles. The summed E-state index contributed by atoms with van der Waals surface area (Å²) in [6.07, 6.45) is 2.86. The van der Waals surface area contributed by atoms with Crippen molar-refractivity contribution in [2.75, 3.05) is 24.7 Å². The van der Waals surface area contributed by atoms with E-state index in [1.54, 1.807) is 4.90 Å². The molecule has 1 atom stereocenters. The maximum absolute atomic E-state index is 13.5. The number of nitrogens with zero attached hydrogens (tertiary/aromatic N) is 1. The van der Waals surface area contributed by atoms with E-state index in [9.17, 15) is 9.59 Å². The molecule has 0 saturated carbocycles. The number of fused-ring (bicyclic) bond motifs is 2. The molecule has 3 aromatic carbocycles. The molecule has 184 valence electrons. The van der Waals surface area contributed by atoms with Crippen molar-refractivity contribution in [1.82, 2.24) is 5.32 Å². The molecule has 6 nitrogen and oxygen atoms in total. The van der Waals surface area contributed by atoms with Crippen molar-refractivity contribution in [2.24, 2.45) is 0 Å². The Hall–Kier alpha value is -3.71. The third-order valence-electron chi connectivity index (χ3n) is 6.26. The summed E-state index contributed by atoms with van der Waals surface area (Å²) in [5.41, 5.74) is 3.85. The molecular formula is C29H28N2O4S. The Kier molecular flexibility index (Phi) is 7.00. The van der Waals surface area contributed by atoms with Gasteiger partial charge in [-0.1, -0.05) is 61.2 Å². The predicted octanol–water partition coefficient (Wildman–Crippen LogP) is 5.38. The number of amides is 2. The number of anilines is 1. The Morgan fingerprint density at radius 3 is 2.58 bits per heavy atom. The number of hydrogen-bond donors (Lipinski definition) is 1. The number of carbonyl (C=O) groups excluding carboxylic acids is 2. The second-order valence-electron chi connectivity index (χ2n) is 8.76. The molecule has 36 heavy (non-hydrogen) atoms. The van der Waals surface area contributed by atoms with Gasteiger partial charge in [0.05, 0.1) is 16.6 Å². The van der Waals surface area contributed by atoms with Gasteiger partial charge in [-0.3, -0.25) is 14.5 Å². The number of para-hydroxylation sites is 1. The van der Waals surface area contributed by atoms with E-state index in [1.807, 2.05) is 67.6 Å². The van der Waals surface area contributed by atoms with Crippen molar-refractivity contribution in [2.45, 2.75) is 31.2 Å². The van der Waals surface area contributed by atoms with Crippen molar-refractivity contribution in [3.63, 3.8) is 0 Å². The molecule has 2 aliphatic heterocycles. The minimum Gasteiger partial charge on any atom is -0.486 e. The first-order valence-electron chi connectivity index (χ1n) is 12.1. The zero-order valence-corrected chi connectivity index (χ0v) is 21.1. The van der Waals surface area contributed by atoms with Gasteiger partial charge in [0, 0.05) is 4.90 Å². The average molecular weight is 501 g/mol. The number of ether oxygens (including phenoxy) is 2. The van der Waals surface area contributed by atoms with Crippen LogP contribution in [0.3, 0.4) is 0 Å². The molecule has 0 radical (unpaired) electrons. The normalized spacial score (nSPS) is 16.4. The van der Waals surface area contributed by atoms with Crippen molar-refractivity contribution in [1.29, 1.82) is 0 Å².